The molecule has 0 atom stereocenters. The van der Waals surface area contributed by atoms with Gasteiger partial charge in [0, 0.05) is 42.8 Å². The summed E-state index contributed by atoms with van der Waals surface area (Å²) in [6.45, 7) is 2.66. The van der Waals surface area contributed by atoms with Crippen LogP contribution in [0, 0.1) is 17.0 Å². The number of ketones is 1. The lowest BCUT2D eigenvalue weighted by Gasteiger charge is -2.08. The van der Waals surface area contributed by atoms with Crippen LogP contribution in [0.15, 0.2) is 36.4 Å². The average Bonchev–Trinajstić information content (AvgIpc) is 2.69. The van der Waals surface area contributed by atoms with Crippen molar-refractivity contribution in [3.05, 3.63) is 57.6 Å². The Morgan fingerprint density at radius 1 is 1.21 bits per heavy atom. The fourth-order valence-corrected chi connectivity index (χ4v) is 2.79. The van der Waals surface area contributed by atoms with Crippen LogP contribution >= 0.6 is 0 Å². The first kappa shape index (κ1) is 21.9. The zero-order valence-corrected chi connectivity index (χ0v) is 16.3. The highest BCUT2D eigenvalue weighted by Gasteiger charge is 2.13. The van der Waals surface area contributed by atoms with Gasteiger partial charge in [-0.25, -0.2) is 0 Å². The van der Waals surface area contributed by atoms with E-state index in [4.69, 9.17) is 10.5 Å². The molecule has 2 rings (SSSR count). The third kappa shape index (κ3) is 6.91. The van der Waals surface area contributed by atoms with E-state index < -0.39 is 4.92 Å². The van der Waals surface area contributed by atoms with Gasteiger partial charge in [-0.1, -0.05) is 6.07 Å². The van der Waals surface area contributed by atoms with Crippen LogP contribution in [0.1, 0.15) is 41.6 Å². The average molecular weight is 399 g/mol. The Morgan fingerprint density at radius 2 is 1.97 bits per heavy atom. The molecule has 0 heterocycles. The van der Waals surface area contributed by atoms with Gasteiger partial charge in [0.15, 0.2) is 6.29 Å². The Balaban J connectivity index is 1.65. The number of nitrogens with zero attached hydrogens (tertiary/aromatic N) is 1. The second kappa shape index (κ2) is 10.8. The first-order valence-electron chi connectivity index (χ1n) is 9.39. The van der Waals surface area contributed by atoms with E-state index in [0.29, 0.717) is 67.8 Å². The number of nitro benzene ring substituents is 1. The minimum Gasteiger partial charge on any atom is -0.494 e. The smallest absolute Gasteiger partial charge is 0.292 e. The summed E-state index contributed by atoms with van der Waals surface area (Å²) in [4.78, 5) is 33.4. The van der Waals surface area contributed by atoms with Crippen LogP contribution in [-0.4, -0.2) is 30.1 Å². The summed E-state index contributed by atoms with van der Waals surface area (Å²) in [5.74, 6) is 0.675. The van der Waals surface area contributed by atoms with Crippen LogP contribution < -0.4 is 15.8 Å². The van der Waals surface area contributed by atoms with Gasteiger partial charge in [0.2, 0.25) is 0 Å². The van der Waals surface area contributed by atoms with Crippen molar-refractivity contribution in [3.8, 4) is 5.75 Å². The molecule has 154 valence electrons. The lowest BCUT2D eigenvalue weighted by molar-refractivity contribution is -0.384. The molecule has 0 aliphatic carbocycles. The Hall–Kier alpha value is -3.42. The summed E-state index contributed by atoms with van der Waals surface area (Å²) in [5.41, 5.74) is 7.81. The quantitative estimate of drug-likeness (QED) is 0.182. The lowest BCUT2D eigenvalue weighted by Crippen LogP contribution is -2.08. The third-order valence-corrected chi connectivity index (χ3v) is 4.35. The third-order valence-electron chi connectivity index (χ3n) is 4.35. The number of carbonyl (C=O) groups is 2. The Kier molecular flexibility index (Phi) is 8.14. The molecule has 29 heavy (non-hydrogen) atoms. The molecule has 8 heteroatoms. The van der Waals surface area contributed by atoms with Gasteiger partial charge < -0.3 is 15.8 Å². The zero-order chi connectivity index (χ0) is 21.2. The molecule has 2 aromatic rings. The number of carbonyl (C=O) groups excluding carboxylic acids is 2. The molecule has 0 aliphatic rings. The van der Waals surface area contributed by atoms with Crippen LogP contribution in [0.5, 0.6) is 5.75 Å². The predicted molar refractivity (Wildman–Crippen MR) is 112 cm³/mol. The summed E-state index contributed by atoms with van der Waals surface area (Å²) >= 11 is 0. The molecule has 0 fully saturated rings. The van der Waals surface area contributed by atoms with Crippen LogP contribution in [-0.2, 0) is 4.79 Å². The van der Waals surface area contributed by atoms with E-state index in [1.54, 1.807) is 37.3 Å². The number of hydrogen-bond acceptors (Lipinski definition) is 7. The number of benzene rings is 2. The second-order valence-electron chi connectivity index (χ2n) is 6.71. The van der Waals surface area contributed by atoms with Gasteiger partial charge in [-0.3, -0.25) is 19.7 Å². The zero-order valence-electron chi connectivity index (χ0n) is 16.3. The van der Waals surface area contributed by atoms with Crippen LogP contribution in [0.3, 0.4) is 0 Å². The SMILES string of the molecule is Cc1ccc(NCCCC(=O)CCCOc2ccc(C=O)c(N)c2)c([N+](=O)[O-])c1. The number of aryl methyl sites for hydroxylation is 1. The Labute approximate surface area is 169 Å². The van der Waals surface area contributed by atoms with E-state index in [1.165, 1.54) is 6.07 Å². The van der Waals surface area contributed by atoms with Gasteiger partial charge in [-0.2, -0.15) is 0 Å². The fourth-order valence-electron chi connectivity index (χ4n) is 2.79. The maximum Gasteiger partial charge on any atom is 0.292 e. The van der Waals surface area contributed by atoms with Crippen LogP contribution in [0.2, 0.25) is 0 Å². The van der Waals surface area contributed by atoms with Crippen molar-refractivity contribution in [3.63, 3.8) is 0 Å². The highest BCUT2D eigenvalue weighted by Crippen LogP contribution is 2.25. The summed E-state index contributed by atoms with van der Waals surface area (Å²) in [7, 11) is 0. The molecule has 0 radical (unpaired) electrons. The molecular formula is C21H25N3O5. The Morgan fingerprint density at radius 3 is 2.66 bits per heavy atom. The molecule has 0 saturated heterocycles. The molecule has 0 aliphatic heterocycles. The van der Waals surface area contributed by atoms with Crippen molar-refractivity contribution in [1.82, 2.24) is 0 Å². The molecule has 0 saturated carbocycles. The number of nitrogens with two attached hydrogens (primary N) is 1. The van der Waals surface area contributed by atoms with Crippen molar-refractivity contribution >= 4 is 29.1 Å². The fraction of sp³-hybridized carbons (Fsp3) is 0.333. The van der Waals surface area contributed by atoms with Gasteiger partial charge in [-0.05, 0) is 43.5 Å². The van der Waals surface area contributed by atoms with E-state index >= 15 is 0 Å². The summed E-state index contributed by atoms with van der Waals surface area (Å²) < 4.78 is 5.54. The van der Waals surface area contributed by atoms with Crippen molar-refractivity contribution in [1.29, 1.82) is 0 Å². The van der Waals surface area contributed by atoms with E-state index in [-0.39, 0.29) is 11.5 Å². The van der Waals surface area contributed by atoms with Gasteiger partial charge in [0.25, 0.3) is 5.69 Å². The monoisotopic (exact) mass is 399 g/mol. The number of ether oxygens (including phenoxy) is 1. The minimum atomic E-state index is -0.416. The summed E-state index contributed by atoms with van der Waals surface area (Å²) in [6, 6.07) is 9.85. The molecule has 0 aromatic heterocycles. The number of aldehydes is 1. The number of nitro groups is 1. The van der Waals surface area contributed by atoms with E-state index in [2.05, 4.69) is 5.32 Å². The second-order valence-corrected chi connectivity index (χ2v) is 6.71. The molecular weight excluding hydrogens is 374 g/mol. The topological polar surface area (TPSA) is 125 Å². The lowest BCUT2D eigenvalue weighted by atomic mass is 10.1. The maximum absolute atomic E-state index is 12.0. The van der Waals surface area contributed by atoms with E-state index in [1.807, 2.05) is 0 Å². The normalized spacial score (nSPS) is 10.4. The number of nitrogen functional groups attached to an aromatic ring is 1. The number of anilines is 2. The summed E-state index contributed by atoms with van der Waals surface area (Å²) in [6.07, 6.45) is 2.64. The number of nitrogens with one attached hydrogen (secondary N) is 1. The Bertz CT molecular complexity index is 883. The molecule has 0 bridgehead atoms. The van der Waals surface area contributed by atoms with Crippen LogP contribution in [0.25, 0.3) is 0 Å². The highest BCUT2D eigenvalue weighted by atomic mass is 16.6. The van der Waals surface area contributed by atoms with Gasteiger partial charge in [-0.15, -0.1) is 0 Å². The molecule has 3 N–H and O–H groups in total. The number of rotatable bonds is 12. The molecule has 2 aromatic carbocycles. The molecule has 0 spiro atoms. The summed E-state index contributed by atoms with van der Waals surface area (Å²) in [5, 5.41) is 14.1. The van der Waals surface area contributed by atoms with Gasteiger partial charge in [0.05, 0.1) is 11.5 Å². The van der Waals surface area contributed by atoms with Gasteiger partial charge >= 0.3 is 0 Å². The molecule has 0 unspecified atom stereocenters. The largest absolute Gasteiger partial charge is 0.494 e. The van der Waals surface area contributed by atoms with Crippen molar-refractivity contribution in [2.45, 2.75) is 32.6 Å². The van der Waals surface area contributed by atoms with Gasteiger partial charge in [0.1, 0.15) is 17.2 Å². The molecule has 0 amide bonds. The van der Waals surface area contributed by atoms with E-state index in [0.717, 1.165) is 5.56 Å². The minimum absolute atomic E-state index is 0.0373. The maximum atomic E-state index is 12.0. The number of Topliss-reactive ketones (excluding diaryl/α,β-unsaturated/α-hetero) is 1. The van der Waals surface area contributed by atoms with E-state index in [9.17, 15) is 19.7 Å². The van der Waals surface area contributed by atoms with Crippen molar-refractivity contribution in [2.75, 3.05) is 24.2 Å². The van der Waals surface area contributed by atoms with Crippen LogP contribution in [0.4, 0.5) is 17.1 Å². The standard InChI is InChI=1S/C21H25N3O5/c1-15-6-9-20(21(12-15)24(27)28)23-10-2-4-17(26)5-3-11-29-18-8-7-16(14-25)19(22)13-18/h6-9,12-14,23H,2-5,10-11,22H2,1H3. The van der Waals surface area contributed by atoms with Crippen molar-refractivity contribution in [2.24, 2.45) is 0 Å². The number of hydrogen-bond donors (Lipinski definition) is 2. The molecule has 8 nitrogen and oxygen atoms in total. The first-order valence-corrected chi connectivity index (χ1v) is 9.39. The first-order chi connectivity index (χ1) is 13.9. The highest BCUT2D eigenvalue weighted by molar-refractivity contribution is 5.83. The predicted octanol–water partition coefficient (Wildman–Crippen LogP) is 3.92. The van der Waals surface area contributed by atoms with Crippen molar-refractivity contribution < 1.29 is 19.2 Å².